The number of nitrogens with one attached hydrogen (secondary N) is 1. The van der Waals surface area contributed by atoms with Crippen LogP contribution in [0.3, 0.4) is 0 Å². The molecule has 2 aliphatic rings. The van der Waals surface area contributed by atoms with Crippen molar-refractivity contribution in [1.82, 2.24) is 4.98 Å². The van der Waals surface area contributed by atoms with Crippen molar-refractivity contribution in [3.63, 3.8) is 0 Å². The van der Waals surface area contributed by atoms with Crippen LogP contribution in [0.25, 0.3) is 11.3 Å². The lowest BCUT2D eigenvalue weighted by Gasteiger charge is -2.22. The minimum atomic E-state index is -0.366. The van der Waals surface area contributed by atoms with Gasteiger partial charge in [0.15, 0.2) is 16.6 Å². The van der Waals surface area contributed by atoms with Gasteiger partial charge in [-0.15, -0.1) is 11.3 Å². The van der Waals surface area contributed by atoms with E-state index in [0.717, 1.165) is 11.3 Å². The van der Waals surface area contributed by atoms with Crippen LogP contribution >= 0.6 is 11.3 Å². The monoisotopic (exact) mass is 420 g/mol. The molecule has 3 heterocycles. The number of hydrogen-bond acceptors (Lipinski definition) is 7. The van der Waals surface area contributed by atoms with E-state index in [2.05, 4.69) is 15.4 Å². The third-order valence-electron chi connectivity index (χ3n) is 4.69. The molecule has 0 spiro atoms. The van der Waals surface area contributed by atoms with Gasteiger partial charge in [0.25, 0.3) is 5.91 Å². The summed E-state index contributed by atoms with van der Waals surface area (Å²) in [4.78, 5) is 29.4. The fourth-order valence-corrected chi connectivity index (χ4v) is 3.89. The summed E-state index contributed by atoms with van der Waals surface area (Å²) in [5.41, 5.74) is 2.51. The van der Waals surface area contributed by atoms with Crippen molar-refractivity contribution in [3.05, 3.63) is 53.9 Å². The van der Waals surface area contributed by atoms with Gasteiger partial charge in [0.1, 0.15) is 5.71 Å². The highest BCUT2D eigenvalue weighted by molar-refractivity contribution is 7.14. The first kappa shape index (κ1) is 18.3. The second-order valence-corrected chi connectivity index (χ2v) is 7.51. The van der Waals surface area contributed by atoms with E-state index in [0.29, 0.717) is 28.0 Å². The molecule has 0 fully saturated rings. The molecule has 3 aromatic rings. The van der Waals surface area contributed by atoms with Crippen LogP contribution in [0, 0.1) is 0 Å². The normalized spacial score (nSPS) is 15.1. The molecule has 0 unspecified atom stereocenters. The fourth-order valence-electron chi connectivity index (χ4n) is 3.18. The van der Waals surface area contributed by atoms with Crippen molar-refractivity contribution in [1.29, 1.82) is 0 Å². The quantitative estimate of drug-likeness (QED) is 0.695. The first-order chi connectivity index (χ1) is 14.7. The minimum Gasteiger partial charge on any atom is -0.454 e. The Morgan fingerprint density at radius 3 is 2.77 bits per heavy atom. The number of anilines is 2. The molecule has 0 aliphatic carbocycles. The molecule has 2 amide bonds. The average Bonchev–Trinajstić information content (AvgIpc) is 3.43. The van der Waals surface area contributed by atoms with Gasteiger partial charge in [-0.2, -0.15) is 5.10 Å². The third-order valence-corrected chi connectivity index (χ3v) is 5.45. The number of nitrogens with zero attached hydrogens (tertiary/aromatic N) is 3. The Balaban J connectivity index is 1.33. The molecular weight excluding hydrogens is 404 g/mol. The molecule has 1 aromatic heterocycles. The summed E-state index contributed by atoms with van der Waals surface area (Å²) in [6, 6.07) is 14.6. The zero-order valence-electron chi connectivity index (χ0n) is 15.7. The number of hydrogen-bond donors (Lipinski definition) is 1. The molecule has 8 nitrogen and oxygen atoms in total. The summed E-state index contributed by atoms with van der Waals surface area (Å²) in [5.74, 6) is 0.871. The maximum Gasteiger partial charge on any atom is 0.273 e. The number of carbonyl (C=O) groups is 2. The van der Waals surface area contributed by atoms with Gasteiger partial charge in [-0.25, -0.2) is 9.99 Å². The van der Waals surface area contributed by atoms with Gasteiger partial charge in [-0.1, -0.05) is 18.2 Å². The number of ether oxygens (including phenoxy) is 2. The molecule has 1 N–H and O–H groups in total. The van der Waals surface area contributed by atoms with Crippen LogP contribution < -0.4 is 19.8 Å². The van der Waals surface area contributed by atoms with Crippen molar-refractivity contribution in [2.45, 2.75) is 12.8 Å². The first-order valence-corrected chi connectivity index (χ1v) is 10.2. The standard InChI is InChI=1S/C21H16N4O4S/c26-19-9-7-15(24-25(19)14-4-2-1-3-5-14)20(27)23-21-22-16(11-30-21)13-6-8-17-18(10-13)29-12-28-17/h1-6,8,10-11H,7,9,12H2,(H,22,23,27). The van der Waals surface area contributed by atoms with Crippen molar-refractivity contribution in [2.75, 3.05) is 17.1 Å². The highest BCUT2D eigenvalue weighted by Gasteiger charge is 2.26. The summed E-state index contributed by atoms with van der Waals surface area (Å²) in [5, 5.41) is 10.6. The third kappa shape index (κ3) is 3.50. The van der Waals surface area contributed by atoms with Gasteiger partial charge in [0.05, 0.1) is 11.4 Å². The Morgan fingerprint density at radius 1 is 1.07 bits per heavy atom. The van der Waals surface area contributed by atoms with Crippen LogP contribution in [0.4, 0.5) is 10.8 Å². The van der Waals surface area contributed by atoms with E-state index >= 15 is 0 Å². The number of fused-ring (bicyclic) bond motifs is 1. The molecule has 0 bridgehead atoms. The molecule has 5 rings (SSSR count). The lowest BCUT2D eigenvalue weighted by molar-refractivity contribution is -0.118. The molecule has 0 saturated carbocycles. The van der Waals surface area contributed by atoms with E-state index in [4.69, 9.17) is 9.47 Å². The number of para-hydroxylation sites is 1. The molecule has 150 valence electrons. The highest BCUT2D eigenvalue weighted by atomic mass is 32.1. The van der Waals surface area contributed by atoms with E-state index in [9.17, 15) is 9.59 Å². The molecule has 2 aliphatic heterocycles. The second-order valence-electron chi connectivity index (χ2n) is 6.65. The van der Waals surface area contributed by atoms with Crippen molar-refractivity contribution < 1.29 is 19.1 Å². The second kappa shape index (κ2) is 7.60. The lowest BCUT2D eigenvalue weighted by atomic mass is 10.1. The van der Waals surface area contributed by atoms with Crippen LogP contribution in [0.1, 0.15) is 12.8 Å². The van der Waals surface area contributed by atoms with Gasteiger partial charge < -0.3 is 9.47 Å². The summed E-state index contributed by atoms with van der Waals surface area (Å²) in [6.45, 7) is 0.210. The fraction of sp³-hybridized carbons (Fsp3) is 0.143. The van der Waals surface area contributed by atoms with Crippen LogP contribution in [0.5, 0.6) is 11.5 Å². The SMILES string of the molecule is O=C(Nc1nc(-c2ccc3c(c2)OCO3)cs1)C1=NN(c2ccccc2)C(=O)CC1. The first-order valence-electron chi connectivity index (χ1n) is 9.30. The predicted octanol–water partition coefficient (Wildman–Crippen LogP) is 3.66. The van der Waals surface area contributed by atoms with Gasteiger partial charge in [0.2, 0.25) is 12.7 Å². The van der Waals surface area contributed by atoms with E-state index in [-0.39, 0.29) is 31.4 Å². The van der Waals surface area contributed by atoms with Crippen LogP contribution in [0.15, 0.2) is 59.0 Å². The number of rotatable bonds is 4. The average molecular weight is 420 g/mol. The molecule has 2 aromatic carbocycles. The van der Waals surface area contributed by atoms with Crippen molar-refractivity contribution >= 4 is 39.7 Å². The smallest absolute Gasteiger partial charge is 0.273 e. The largest absolute Gasteiger partial charge is 0.454 e. The van der Waals surface area contributed by atoms with E-state index in [1.54, 1.807) is 12.1 Å². The van der Waals surface area contributed by atoms with E-state index in [1.807, 2.05) is 41.8 Å². The van der Waals surface area contributed by atoms with E-state index in [1.165, 1.54) is 16.3 Å². The van der Waals surface area contributed by atoms with Crippen LogP contribution in [-0.4, -0.2) is 29.3 Å². The maximum absolute atomic E-state index is 12.7. The molecular formula is C21H16N4O4S. The maximum atomic E-state index is 12.7. The summed E-state index contributed by atoms with van der Waals surface area (Å²) >= 11 is 1.32. The number of carbonyl (C=O) groups excluding carboxylic acids is 2. The Labute approximate surface area is 175 Å². The number of hydrazone groups is 1. The number of benzene rings is 2. The topological polar surface area (TPSA) is 93.1 Å². The van der Waals surface area contributed by atoms with E-state index < -0.39 is 0 Å². The number of thiazole rings is 1. The lowest BCUT2D eigenvalue weighted by Crippen LogP contribution is -2.36. The summed E-state index contributed by atoms with van der Waals surface area (Å²) in [7, 11) is 0. The summed E-state index contributed by atoms with van der Waals surface area (Å²) in [6.07, 6.45) is 0.510. The van der Waals surface area contributed by atoms with Crippen molar-refractivity contribution in [3.8, 4) is 22.8 Å². The molecule has 0 radical (unpaired) electrons. The Bertz CT molecular complexity index is 1160. The van der Waals surface area contributed by atoms with Crippen molar-refractivity contribution in [2.24, 2.45) is 5.10 Å². The van der Waals surface area contributed by atoms with Gasteiger partial charge in [-0.05, 0) is 30.3 Å². The minimum absolute atomic E-state index is 0.142. The number of aromatic nitrogens is 1. The van der Waals surface area contributed by atoms with Gasteiger partial charge in [-0.3, -0.25) is 14.9 Å². The Hall–Kier alpha value is -3.72. The molecule has 0 saturated heterocycles. The molecule has 30 heavy (non-hydrogen) atoms. The van der Waals surface area contributed by atoms with Gasteiger partial charge >= 0.3 is 0 Å². The summed E-state index contributed by atoms with van der Waals surface area (Å²) < 4.78 is 10.7. The Morgan fingerprint density at radius 2 is 1.90 bits per heavy atom. The Kier molecular flexibility index (Phi) is 4.64. The van der Waals surface area contributed by atoms with Crippen LogP contribution in [-0.2, 0) is 9.59 Å². The molecule has 0 atom stereocenters. The van der Waals surface area contributed by atoms with Gasteiger partial charge in [0, 0.05) is 23.8 Å². The zero-order valence-corrected chi connectivity index (χ0v) is 16.5. The number of amides is 2. The predicted molar refractivity (Wildman–Crippen MR) is 113 cm³/mol. The van der Waals surface area contributed by atoms with Crippen LogP contribution in [0.2, 0.25) is 0 Å². The molecule has 9 heteroatoms. The zero-order chi connectivity index (χ0) is 20.5. The highest BCUT2D eigenvalue weighted by Crippen LogP contribution is 2.36.